The molecule has 2 rings (SSSR count). The van der Waals surface area contributed by atoms with Gasteiger partial charge in [-0.3, -0.25) is 0 Å². The second kappa shape index (κ2) is 6.99. The molecule has 5 nitrogen and oxygen atoms in total. The molecule has 0 aliphatic rings. The average molecular weight is 305 g/mol. The summed E-state index contributed by atoms with van der Waals surface area (Å²) in [4.78, 5) is 3.42. The van der Waals surface area contributed by atoms with Crippen LogP contribution in [0, 0.1) is 0 Å². The Hall–Kier alpha value is -2.21. The van der Waals surface area contributed by atoms with Crippen molar-refractivity contribution in [3.8, 4) is 5.75 Å². The van der Waals surface area contributed by atoms with Crippen LogP contribution in [0.15, 0.2) is 40.9 Å². The smallest absolute Gasteiger partial charge is 0.172 e. The lowest BCUT2D eigenvalue weighted by Gasteiger charge is -2.25. The zero-order valence-electron chi connectivity index (χ0n) is 12.1. The zero-order chi connectivity index (χ0) is 15.2. The van der Waals surface area contributed by atoms with Crippen molar-refractivity contribution >= 4 is 22.9 Å². The number of ether oxygens (including phenoxy) is 1. The number of thiophene rings is 1. The van der Waals surface area contributed by atoms with E-state index >= 15 is 0 Å². The van der Waals surface area contributed by atoms with Gasteiger partial charge in [0.05, 0.1) is 19.3 Å². The number of hydrogen-bond donors (Lipinski definition) is 2. The van der Waals surface area contributed by atoms with E-state index in [0.29, 0.717) is 5.56 Å². The number of nitrogens with zero attached hydrogens (tertiary/aromatic N) is 2. The van der Waals surface area contributed by atoms with Crippen LogP contribution >= 0.6 is 11.3 Å². The van der Waals surface area contributed by atoms with Crippen LogP contribution in [-0.2, 0) is 6.54 Å². The van der Waals surface area contributed by atoms with Crippen LogP contribution < -0.4 is 15.4 Å². The van der Waals surface area contributed by atoms with Crippen molar-refractivity contribution in [3.63, 3.8) is 0 Å². The van der Waals surface area contributed by atoms with Crippen molar-refractivity contribution in [2.45, 2.75) is 13.5 Å². The molecule has 0 spiro atoms. The van der Waals surface area contributed by atoms with Gasteiger partial charge < -0.3 is 20.6 Å². The number of benzene rings is 1. The van der Waals surface area contributed by atoms with Crippen molar-refractivity contribution < 1.29 is 9.94 Å². The van der Waals surface area contributed by atoms with Crippen molar-refractivity contribution in [1.82, 2.24) is 0 Å². The lowest BCUT2D eigenvalue weighted by molar-refractivity contribution is 0.318. The topological polar surface area (TPSA) is 71.1 Å². The maximum atomic E-state index is 8.97. The van der Waals surface area contributed by atoms with E-state index < -0.39 is 0 Å². The van der Waals surface area contributed by atoms with E-state index in [2.05, 4.69) is 28.4 Å². The minimum atomic E-state index is 0.0947. The zero-order valence-corrected chi connectivity index (χ0v) is 12.9. The average Bonchev–Trinajstić information content (AvgIpc) is 3.04. The summed E-state index contributed by atoms with van der Waals surface area (Å²) < 4.78 is 5.29. The summed E-state index contributed by atoms with van der Waals surface area (Å²) >= 11 is 1.71. The van der Waals surface area contributed by atoms with E-state index in [1.165, 1.54) is 4.88 Å². The first-order chi connectivity index (χ1) is 10.2. The van der Waals surface area contributed by atoms with E-state index in [9.17, 15) is 0 Å². The Morgan fingerprint density at radius 3 is 2.81 bits per heavy atom. The molecule has 1 aromatic carbocycles. The predicted molar refractivity (Wildman–Crippen MR) is 86.5 cm³/mol. The number of anilines is 1. The molecule has 0 bridgehead atoms. The van der Waals surface area contributed by atoms with Gasteiger partial charge >= 0.3 is 0 Å². The number of oxime groups is 1. The quantitative estimate of drug-likeness (QED) is 0.372. The first-order valence-corrected chi connectivity index (χ1v) is 7.50. The molecule has 0 aliphatic heterocycles. The number of hydrogen-bond acceptors (Lipinski definition) is 5. The number of nitrogens with two attached hydrogens (primary N) is 1. The Bertz CT molecular complexity index is 611. The predicted octanol–water partition coefficient (Wildman–Crippen LogP) is 2.88. The Balaban J connectivity index is 2.42. The van der Waals surface area contributed by atoms with E-state index in [4.69, 9.17) is 15.7 Å². The largest absolute Gasteiger partial charge is 0.497 e. The highest BCUT2D eigenvalue weighted by molar-refractivity contribution is 7.09. The second-order valence-corrected chi connectivity index (χ2v) is 5.49. The number of rotatable bonds is 6. The van der Waals surface area contributed by atoms with Crippen molar-refractivity contribution in [2.75, 3.05) is 18.6 Å². The fraction of sp³-hybridized carbons (Fsp3) is 0.267. The third-order valence-electron chi connectivity index (χ3n) is 3.24. The van der Waals surface area contributed by atoms with Crippen LogP contribution in [0.4, 0.5) is 5.69 Å². The van der Waals surface area contributed by atoms with Gasteiger partial charge in [0.15, 0.2) is 5.84 Å². The molecule has 0 saturated heterocycles. The Morgan fingerprint density at radius 1 is 1.43 bits per heavy atom. The summed E-state index contributed by atoms with van der Waals surface area (Å²) in [5.74, 6) is 0.835. The summed E-state index contributed by atoms with van der Waals surface area (Å²) in [6.07, 6.45) is 0. The Morgan fingerprint density at radius 2 is 2.24 bits per heavy atom. The molecule has 0 unspecified atom stereocenters. The fourth-order valence-corrected chi connectivity index (χ4v) is 2.85. The maximum absolute atomic E-state index is 8.97. The fourth-order valence-electron chi connectivity index (χ4n) is 2.13. The van der Waals surface area contributed by atoms with Crippen LogP contribution in [0.3, 0.4) is 0 Å². The summed E-state index contributed by atoms with van der Waals surface area (Å²) in [7, 11) is 1.62. The first kappa shape index (κ1) is 15.2. The van der Waals surface area contributed by atoms with Crippen molar-refractivity contribution in [2.24, 2.45) is 10.9 Å². The molecular weight excluding hydrogens is 286 g/mol. The summed E-state index contributed by atoms with van der Waals surface area (Å²) in [5, 5.41) is 14.1. The van der Waals surface area contributed by atoms with Gasteiger partial charge in [0, 0.05) is 23.1 Å². The summed E-state index contributed by atoms with van der Waals surface area (Å²) in [6, 6.07) is 9.64. The molecule has 1 heterocycles. The van der Waals surface area contributed by atoms with Crippen molar-refractivity contribution in [3.05, 3.63) is 46.2 Å². The highest BCUT2D eigenvalue weighted by Gasteiger charge is 2.15. The highest BCUT2D eigenvalue weighted by atomic mass is 32.1. The van der Waals surface area contributed by atoms with Gasteiger partial charge in [0.2, 0.25) is 0 Å². The summed E-state index contributed by atoms with van der Waals surface area (Å²) in [6.45, 7) is 3.65. The standard InChI is InChI=1S/C15H19N3O2S/c1-3-18(10-12-5-4-8-21-12)14-9-11(20-2)6-7-13(14)15(16)17-19/h4-9,19H,3,10H2,1-2H3,(H2,16,17). The molecule has 0 aliphatic carbocycles. The molecule has 3 N–H and O–H groups in total. The van der Waals surface area contributed by atoms with Crippen LogP contribution in [-0.4, -0.2) is 24.7 Å². The molecule has 21 heavy (non-hydrogen) atoms. The van der Waals surface area contributed by atoms with Crippen molar-refractivity contribution in [1.29, 1.82) is 0 Å². The van der Waals surface area contributed by atoms with Gasteiger partial charge in [-0.05, 0) is 30.5 Å². The molecule has 112 valence electrons. The molecular formula is C15H19N3O2S. The molecule has 2 aromatic rings. The lowest BCUT2D eigenvalue weighted by atomic mass is 10.1. The molecule has 0 radical (unpaired) electrons. The van der Waals surface area contributed by atoms with E-state index in [1.54, 1.807) is 30.6 Å². The van der Waals surface area contributed by atoms with Crippen LogP contribution in [0.25, 0.3) is 0 Å². The molecule has 0 saturated carbocycles. The van der Waals surface area contributed by atoms with E-state index in [-0.39, 0.29) is 5.84 Å². The number of amidine groups is 1. The van der Waals surface area contributed by atoms with E-state index in [1.807, 2.05) is 12.1 Å². The third kappa shape index (κ3) is 3.46. The van der Waals surface area contributed by atoms with Gasteiger partial charge in [-0.15, -0.1) is 11.3 Å². The maximum Gasteiger partial charge on any atom is 0.172 e. The SMILES string of the molecule is CCN(Cc1cccs1)c1cc(OC)ccc1/C(N)=N/O. The molecule has 0 amide bonds. The van der Waals surface area contributed by atoms with Gasteiger partial charge in [-0.2, -0.15) is 0 Å². The highest BCUT2D eigenvalue weighted by Crippen LogP contribution is 2.28. The number of methoxy groups -OCH3 is 1. The van der Waals surface area contributed by atoms with Crippen LogP contribution in [0.1, 0.15) is 17.4 Å². The monoisotopic (exact) mass is 305 g/mol. The Kier molecular flexibility index (Phi) is 5.05. The second-order valence-electron chi connectivity index (χ2n) is 4.46. The van der Waals surface area contributed by atoms with Gasteiger partial charge in [0.1, 0.15) is 5.75 Å². The van der Waals surface area contributed by atoms with Gasteiger partial charge in [-0.1, -0.05) is 11.2 Å². The molecule has 0 fully saturated rings. The van der Waals surface area contributed by atoms with Gasteiger partial charge in [-0.25, -0.2) is 0 Å². The lowest BCUT2D eigenvalue weighted by Crippen LogP contribution is -2.26. The third-order valence-corrected chi connectivity index (χ3v) is 4.10. The first-order valence-electron chi connectivity index (χ1n) is 6.62. The Labute approximate surface area is 128 Å². The van der Waals surface area contributed by atoms with Crippen LogP contribution in [0.2, 0.25) is 0 Å². The minimum Gasteiger partial charge on any atom is -0.497 e. The molecule has 0 atom stereocenters. The minimum absolute atomic E-state index is 0.0947. The normalized spacial score (nSPS) is 11.4. The van der Waals surface area contributed by atoms with E-state index in [0.717, 1.165) is 24.5 Å². The van der Waals surface area contributed by atoms with Crippen LogP contribution in [0.5, 0.6) is 5.75 Å². The molecule has 1 aromatic heterocycles. The molecule has 6 heteroatoms. The summed E-state index contributed by atoms with van der Waals surface area (Å²) in [5.41, 5.74) is 7.37. The van der Waals surface area contributed by atoms with Gasteiger partial charge in [0.25, 0.3) is 0 Å².